The molecule has 5 nitrogen and oxygen atoms in total. The molecule has 1 heterocycles. The molecule has 1 fully saturated rings. The lowest BCUT2D eigenvalue weighted by Gasteiger charge is -2.14. The van der Waals surface area contributed by atoms with E-state index in [-0.39, 0.29) is 11.9 Å². The molecule has 0 saturated carbocycles. The third-order valence-corrected chi connectivity index (χ3v) is 3.04. The van der Waals surface area contributed by atoms with Crippen LogP contribution in [0.25, 0.3) is 0 Å². The lowest BCUT2D eigenvalue weighted by molar-refractivity contribution is -0.118. The van der Waals surface area contributed by atoms with E-state index in [0.717, 1.165) is 0 Å². The van der Waals surface area contributed by atoms with Crippen LogP contribution in [-0.2, 0) is 4.79 Å². The fraction of sp³-hybridized carbons (Fsp3) is 0.429. The van der Waals surface area contributed by atoms with Crippen molar-refractivity contribution in [3.63, 3.8) is 0 Å². The van der Waals surface area contributed by atoms with Crippen molar-refractivity contribution in [2.75, 3.05) is 12.0 Å². The number of nitrogens with one attached hydrogen (secondary N) is 1. The number of hydrogen-bond donors (Lipinski definition) is 1. The number of benzene rings is 1. The zero-order valence-electron chi connectivity index (χ0n) is 11.3. The normalized spacial score (nSPS) is 18.9. The molecule has 0 bridgehead atoms. The summed E-state index contributed by atoms with van der Waals surface area (Å²) in [5.74, 6) is 0.761. The van der Waals surface area contributed by atoms with Crippen molar-refractivity contribution >= 4 is 17.6 Å². The maximum atomic E-state index is 12.3. The molecule has 0 spiro atoms. The lowest BCUT2D eigenvalue weighted by atomic mass is 10.0. The minimum absolute atomic E-state index is 0.202. The molecule has 0 aromatic heterocycles. The highest BCUT2D eigenvalue weighted by Crippen LogP contribution is 2.25. The number of methoxy groups -OCH3 is 1. The minimum Gasteiger partial charge on any atom is -0.497 e. The van der Waals surface area contributed by atoms with Gasteiger partial charge in [-0.05, 0) is 24.5 Å². The maximum Gasteiger partial charge on any atom is 0.329 e. The van der Waals surface area contributed by atoms with Crippen LogP contribution >= 0.6 is 0 Å². The molecule has 2 rings (SSSR count). The number of nitrogens with zero attached hydrogens (tertiary/aromatic N) is 1. The first-order valence-corrected chi connectivity index (χ1v) is 6.31. The summed E-state index contributed by atoms with van der Waals surface area (Å²) in [5, 5.41) is 2.72. The van der Waals surface area contributed by atoms with Crippen molar-refractivity contribution in [1.82, 2.24) is 5.32 Å². The topological polar surface area (TPSA) is 58.6 Å². The van der Waals surface area contributed by atoms with E-state index in [4.69, 9.17) is 4.74 Å². The molecule has 1 atom stereocenters. The number of urea groups is 1. The SMILES string of the molecule is COc1cccc(N2C(=O)NC(CC(C)C)C2=O)c1. The fourth-order valence-corrected chi connectivity index (χ4v) is 2.16. The second-order valence-electron chi connectivity index (χ2n) is 5.01. The molecule has 1 unspecified atom stereocenters. The molecule has 1 saturated heterocycles. The highest BCUT2D eigenvalue weighted by atomic mass is 16.5. The molecular weight excluding hydrogens is 244 g/mol. The molecule has 1 aromatic rings. The van der Waals surface area contributed by atoms with Gasteiger partial charge in [-0.3, -0.25) is 4.79 Å². The smallest absolute Gasteiger partial charge is 0.329 e. The van der Waals surface area contributed by atoms with Gasteiger partial charge in [0.25, 0.3) is 5.91 Å². The summed E-state index contributed by atoms with van der Waals surface area (Å²) < 4.78 is 5.11. The first-order chi connectivity index (χ1) is 9.02. The van der Waals surface area contributed by atoms with Gasteiger partial charge in [0.05, 0.1) is 12.8 Å². The third-order valence-electron chi connectivity index (χ3n) is 3.04. The number of hydrogen-bond acceptors (Lipinski definition) is 3. The summed E-state index contributed by atoms with van der Waals surface area (Å²) in [4.78, 5) is 25.4. The van der Waals surface area contributed by atoms with Gasteiger partial charge < -0.3 is 10.1 Å². The summed E-state index contributed by atoms with van der Waals surface area (Å²) in [5.41, 5.74) is 0.535. The third kappa shape index (κ3) is 2.70. The highest BCUT2D eigenvalue weighted by Gasteiger charge is 2.39. The van der Waals surface area contributed by atoms with Crippen molar-refractivity contribution in [2.24, 2.45) is 5.92 Å². The van der Waals surface area contributed by atoms with Gasteiger partial charge in [-0.25, -0.2) is 9.69 Å². The van der Waals surface area contributed by atoms with Crippen molar-refractivity contribution in [3.8, 4) is 5.75 Å². The average molecular weight is 262 g/mol. The Morgan fingerprint density at radius 2 is 2.11 bits per heavy atom. The Morgan fingerprint density at radius 3 is 2.74 bits per heavy atom. The predicted octanol–water partition coefficient (Wildman–Crippen LogP) is 2.17. The van der Waals surface area contributed by atoms with Crippen LogP contribution in [0, 0.1) is 5.92 Å². The van der Waals surface area contributed by atoms with Gasteiger partial charge in [0.15, 0.2) is 0 Å². The highest BCUT2D eigenvalue weighted by molar-refractivity contribution is 6.21. The van der Waals surface area contributed by atoms with Crippen molar-refractivity contribution in [1.29, 1.82) is 0 Å². The molecule has 19 heavy (non-hydrogen) atoms. The Morgan fingerprint density at radius 1 is 1.37 bits per heavy atom. The van der Waals surface area contributed by atoms with E-state index in [2.05, 4.69) is 5.32 Å². The van der Waals surface area contributed by atoms with E-state index < -0.39 is 6.04 Å². The maximum absolute atomic E-state index is 12.3. The van der Waals surface area contributed by atoms with E-state index in [1.54, 1.807) is 31.4 Å². The number of rotatable bonds is 4. The van der Waals surface area contributed by atoms with Crippen LogP contribution in [0.4, 0.5) is 10.5 Å². The van der Waals surface area contributed by atoms with Gasteiger partial charge >= 0.3 is 6.03 Å². The Labute approximate surface area is 112 Å². The van der Waals surface area contributed by atoms with E-state index in [0.29, 0.717) is 23.8 Å². The van der Waals surface area contributed by atoms with Crippen molar-refractivity contribution < 1.29 is 14.3 Å². The van der Waals surface area contributed by atoms with Gasteiger partial charge in [0.1, 0.15) is 11.8 Å². The summed E-state index contributed by atoms with van der Waals surface area (Å²) in [7, 11) is 1.55. The molecule has 3 amide bonds. The predicted molar refractivity (Wildman–Crippen MR) is 72.3 cm³/mol. The molecular formula is C14H18N2O3. The molecule has 1 aliphatic rings. The molecule has 0 aliphatic carbocycles. The number of imide groups is 1. The minimum atomic E-state index is -0.432. The summed E-state index contributed by atoms with van der Waals surface area (Å²) in [6.07, 6.45) is 0.644. The van der Waals surface area contributed by atoms with Gasteiger partial charge in [-0.15, -0.1) is 0 Å². The zero-order valence-corrected chi connectivity index (χ0v) is 11.3. The second kappa shape index (κ2) is 5.30. The van der Waals surface area contributed by atoms with E-state index in [1.165, 1.54) is 4.90 Å². The van der Waals surface area contributed by atoms with Crippen LogP contribution in [0.1, 0.15) is 20.3 Å². The van der Waals surface area contributed by atoms with Gasteiger partial charge in [-0.1, -0.05) is 19.9 Å². The first-order valence-electron chi connectivity index (χ1n) is 6.31. The van der Waals surface area contributed by atoms with Gasteiger partial charge in [0, 0.05) is 6.07 Å². The Balaban J connectivity index is 2.24. The van der Waals surface area contributed by atoms with Crippen molar-refractivity contribution in [3.05, 3.63) is 24.3 Å². The molecule has 0 radical (unpaired) electrons. The van der Waals surface area contributed by atoms with E-state index >= 15 is 0 Å². The molecule has 1 aromatic carbocycles. The Kier molecular flexibility index (Phi) is 3.74. The van der Waals surface area contributed by atoms with Crippen LogP contribution < -0.4 is 15.0 Å². The molecule has 5 heteroatoms. The number of carbonyl (C=O) groups excluding carboxylic acids is 2. The molecule has 1 N–H and O–H groups in total. The fourth-order valence-electron chi connectivity index (χ4n) is 2.16. The Hall–Kier alpha value is -2.04. The summed E-state index contributed by atoms with van der Waals surface area (Å²) >= 11 is 0. The zero-order chi connectivity index (χ0) is 14.0. The molecule has 1 aliphatic heterocycles. The summed E-state index contributed by atoms with van der Waals surface area (Å²) in [6, 6.07) is 6.12. The monoisotopic (exact) mass is 262 g/mol. The van der Waals surface area contributed by atoms with Gasteiger partial charge in [0.2, 0.25) is 0 Å². The largest absolute Gasteiger partial charge is 0.497 e. The van der Waals surface area contributed by atoms with Crippen LogP contribution in [0.5, 0.6) is 5.75 Å². The van der Waals surface area contributed by atoms with Crippen LogP contribution in [0.2, 0.25) is 0 Å². The molecule has 102 valence electrons. The number of carbonyl (C=O) groups is 2. The number of amides is 3. The van der Waals surface area contributed by atoms with Gasteiger partial charge in [-0.2, -0.15) is 0 Å². The van der Waals surface area contributed by atoms with E-state index in [1.807, 2.05) is 13.8 Å². The second-order valence-corrected chi connectivity index (χ2v) is 5.01. The first kappa shape index (κ1) is 13.4. The van der Waals surface area contributed by atoms with E-state index in [9.17, 15) is 9.59 Å². The van der Waals surface area contributed by atoms with Crippen LogP contribution in [0.3, 0.4) is 0 Å². The number of ether oxygens (including phenoxy) is 1. The lowest BCUT2D eigenvalue weighted by Crippen LogP contribution is -2.31. The average Bonchev–Trinajstić information content (AvgIpc) is 2.64. The standard InChI is InChI=1S/C14H18N2O3/c1-9(2)7-12-13(17)16(14(18)15-12)10-5-4-6-11(8-10)19-3/h4-6,8-9,12H,7H2,1-3H3,(H,15,18). The quantitative estimate of drug-likeness (QED) is 0.846. The van der Waals surface area contributed by atoms with Crippen LogP contribution in [0.15, 0.2) is 24.3 Å². The number of anilines is 1. The van der Waals surface area contributed by atoms with Crippen LogP contribution in [-0.4, -0.2) is 25.1 Å². The Bertz CT molecular complexity index is 499. The summed E-state index contributed by atoms with van der Waals surface area (Å²) in [6.45, 7) is 4.04. The van der Waals surface area contributed by atoms with Crippen molar-refractivity contribution in [2.45, 2.75) is 26.3 Å².